The molecule has 0 aliphatic heterocycles. The summed E-state index contributed by atoms with van der Waals surface area (Å²) in [5, 5.41) is 6.35. The van der Waals surface area contributed by atoms with Gasteiger partial charge in [-0.2, -0.15) is 4.98 Å². The molecule has 3 rings (SSSR count). The summed E-state index contributed by atoms with van der Waals surface area (Å²) in [7, 11) is 3.99. The van der Waals surface area contributed by atoms with E-state index in [9.17, 15) is 8.78 Å². The molecule has 2 N–H and O–H groups in total. The minimum Gasteiger partial charge on any atom is -0.366 e. The minimum absolute atomic E-state index is 0.247. The number of aromatic nitrogens is 2. The van der Waals surface area contributed by atoms with Gasteiger partial charge in [0, 0.05) is 37.3 Å². The zero-order chi connectivity index (χ0) is 19.9. The molecule has 2 aromatic carbocycles. The minimum atomic E-state index is -0.601. The molecule has 0 saturated carbocycles. The summed E-state index contributed by atoms with van der Waals surface area (Å²) in [5.41, 5.74) is 2.22. The molecule has 7 heteroatoms. The van der Waals surface area contributed by atoms with Gasteiger partial charge in [-0.15, -0.1) is 0 Å². The Hall–Kier alpha value is -3.06. The Bertz CT molecular complexity index is 896. The Morgan fingerprint density at radius 2 is 1.61 bits per heavy atom. The molecule has 0 unspecified atom stereocenters. The first kappa shape index (κ1) is 19.7. The number of benzene rings is 2. The Morgan fingerprint density at radius 1 is 0.893 bits per heavy atom. The van der Waals surface area contributed by atoms with Crippen molar-refractivity contribution in [2.45, 2.75) is 6.54 Å². The van der Waals surface area contributed by atoms with Crippen LogP contribution < -0.4 is 10.6 Å². The van der Waals surface area contributed by atoms with Gasteiger partial charge in [0.25, 0.3) is 0 Å². The number of nitrogens with zero attached hydrogens (tertiary/aromatic N) is 3. The second-order valence-corrected chi connectivity index (χ2v) is 6.69. The van der Waals surface area contributed by atoms with Crippen LogP contribution in [0.15, 0.2) is 54.6 Å². The van der Waals surface area contributed by atoms with Gasteiger partial charge in [-0.25, -0.2) is 13.8 Å². The van der Waals surface area contributed by atoms with Crippen LogP contribution in [0.1, 0.15) is 5.56 Å². The highest BCUT2D eigenvalue weighted by Gasteiger charge is 2.08. The molecule has 0 spiro atoms. The lowest BCUT2D eigenvalue weighted by atomic mass is 10.1. The van der Waals surface area contributed by atoms with Crippen molar-refractivity contribution in [2.24, 2.45) is 0 Å². The van der Waals surface area contributed by atoms with Gasteiger partial charge in [0.05, 0.1) is 5.69 Å². The smallest absolute Gasteiger partial charge is 0.225 e. The van der Waals surface area contributed by atoms with E-state index < -0.39 is 11.6 Å². The van der Waals surface area contributed by atoms with Crippen molar-refractivity contribution in [3.63, 3.8) is 0 Å². The Morgan fingerprint density at radius 3 is 2.29 bits per heavy atom. The van der Waals surface area contributed by atoms with Gasteiger partial charge >= 0.3 is 0 Å². The predicted molar refractivity (Wildman–Crippen MR) is 108 cm³/mol. The maximum absolute atomic E-state index is 13.4. The highest BCUT2D eigenvalue weighted by atomic mass is 19.1. The van der Waals surface area contributed by atoms with Gasteiger partial charge in [-0.3, -0.25) is 0 Å². The van der Waals surface area contributed by atoms with Gasteiger partial charge in [-0.1, -0.05) is 30.3 Å². The molecule has 5 nitrogen and oxygen atoms in total. The highest BCUT2D eigenvalue weighted by Crippen LogP contribution is 2.22. The van der Waals surface area contributed by atoms with Gasteiger partial charge in [-0.05, 0) is 31.8 Å². The summed E-state index contributed by atoms with van der Waals surface area (Å²) in [6.45, 7) is 1.78. The van der Waals surface area contributed by atoms with Crippen LogP contribution >= 0.6 is 0 Å². The molecule has 0 aliphatic rings. The fraction of sp³-hybridized carbons (Fsp3) is 0.238. The van der Waals surface area contributed by atoms with Crippen LogP contribution in [0.2, 0.25) is 0 Å². The molecule has 3 aromatic rings. The topological polar surface area (TPSA) is 53.1 Å². The van der Waals surface area contributed by atoms with Crippen molar-refractivity contribution in [1.82, 2.24) is 14.9 Å². The van der Waals surface area contributed by atoms with E-state index in [-0.39, 0.29) is 6.54 Å². The first-order chi connectivity index (χ1) is 13.5. The molecule has 0 bridgehead atoms. The second kappa shape index (κ2) is 9.23. The molecule has 0 atom stereocenters. The molecular formula is C21H23F2N5. The van der Waals surface area contributed by atoms with Gasteiger partial charge in [0.15, 0.2) is 0 Å². The van der Waals surface area contributed by atoms with Crippen LogP contribution in [0, 0.1) is 11.6 Å². The van der Waals surface area contributed by atoms with Crippen molar-refractivity contribution >= 4 is 11.8 Å². The van der Waals surface area contributed by atoms with Crippen molar-refractivity contribution in [1.29, 1.82) is 0 Å². The lowest BCUT2D eigenvalue weighted by Crippen LogP contribution is -2.21. The van der Waals surface area contributed by atoms with Crippen LogP contribution in [0.3, 0.4) is 0 Å². The van der Waals surface area contributed by atoms with Crippen molar-refractivity contribution in [3.05, 3.63) is 71.8 Å². The lowest BCUT2D eigenvalue weighted by molar-refractivity contribution is 0.425. The first-order valence-electron chi connectivity index (χ1n) is 9.01. The van der Waals surface area contributed by atoms with Crippen LogP contribution in [0.25, 0.3) is 11.3 Å². The average molecular weight is 383 g/mol. The largest absolute Gasteiger partial charge is 0.366 e. The molecule has 0 radical (unpaired) electrons. The molecular weight excluding hydrogens is 360 g/mol. The Kier molecular flexibility index (Phi) is 6.49. The predicted octanol–water partition coefficient (Wildman–Crippen LogP) is 4.01. The molecule has 28 heavy (non-hydrogen) atoms. The fourth-order valence-electron chi connectivity index (χ4n) is 2.67. The summed E-state index contributed by atoms with van der Waals surface area (Å²) in [4.78, 5) is 11.1. The second-order valence-electron chi connectivity index (χ2n) is 6.69. The maximum Gasteiger partial charge on any atom is 0.225 e. The van der Waals surface area contributed by atoms with Crippen LogP contribution in [-0.4, -0.2) is 42.1 Å². The normalized spacial score (nSPS) is 10.9. The first-order valence-corrected chi connectivity index (χ1v) is 9.01. The summed E-state index contributed by atoms with van der Waals surface area (Å²) >= 11 is 0. The maximum atomic E-state index is 13.4. The number of hydrogen-bond donors (Lipinski definition) is 2. The summed E-state index contributed by atoms with van der Waals surface area (Å²) in [5.74, 6) is -0.131. The standard InChI is InChI=1S/C21H23F2N5/c1-28(2)9-8-24-21-26-19(16-6-4-3-5-7-16)13-20(27-21)25-14-15-10-17(22)12-18(23)11-15/h3-7,10-13H,8-9,14H2,1-2H3,(H2,24,25,26,27). The summed E-state index contributed by atoms with van der Waals surface area (Å²) in [6.07, 6.45) is 0. The van der Waals surface area contributed by atoms with Crippen molar-refractivity contribution in [3.8, 4) is 11.3 Å². The third kappa shape index (κ3) is 5.72. The molecule has 1 aromatic heterocycles. The highest BCUT2D eigenvalue weighted by molar-refractivity contribution is 5.64. The molecule has 146 valence electrons. The third-order valence-corrected chi connectivity index (χ3v) is 4.03. The fourth-order valence-corrected chi connectivity index (χ4v) is 2.67. The molecule has 0 amide bonds. The van der Waals surface area contributed by atoms with Crippen LogP contribution in [-0.2, 0) is 6.54 Å². The van der Waals surface area contributed by atoms with Crippen LogP contribution in [0.5, 0.6) is 0 Å². The Labute approximate surface area is 163 Å². The number of hydrogen-bond acceptors (Lipinski definition) is 5. The Balaban J connectivity index is 1.81. The number of halogens is 2. The zero-order valence-corrected chi connectivity index (χ0v) is 15.9. The monoisotopic (exact) mass is 383 g/mol. The quantitative estimate of drug-likeness (QED) is 0.616. The van der Waals surface area contributed by atoms with E-state index in [1.165, 1.54) is 12.1 Å². The molecule has 0 aliphatic carbocycles. The van der Waals surface area contributed by atoms with E-state index in [0.29, 0.717) is 23.9 Å². The van der Waals surface area contributed by atoms with Gasteiger partial charge < -0.3 is 15.5 Å². The van der Waals surface area contributed by atoms with E-state index in [1.54, 1.807) is 0 Å². The van der Waals surface area contributed by atoms with Crippen molar-refractivity contribution < 1.29 is 8.78 Å². The SMILES string of the molecule is CN(C)CCNc1nc(NCc2cc(F)cc(F)c2)cc(-c2ccccc2)n1. The van der Waals surface area contributed by atoms with Crippen LogP contribution in [0.4, 0.5) is 20.5 Å². The zero-order valence-electron chi connectivity index (χ0n) is 15.9. The van der Waals surface area contributed by atoms with E-state index in [2.05, 4.69) is 25.5 Å². The number of likely N-dealkylation sites (N-methyl/N-ethyl adjacent to an activating group) is 1. The average Bonchev–Trinajstić information content (AvgIpc) is 2.66. The number of anilines is 2. The third-order valence-electron chi connectivity index (χ3n) is 4.03. The van der Waals surface area contributed by atoms with E-state index in [4.69, 9.17) is 0 Å². The van der Waals surface area contributed by atoms with E-state index in [1.807, 2.05) is 50.5 Å². The van der Waals surface area contributed by atoms with Crippen molar-refractivity contribution in [2.75, 3.05) is 37.8 Å². The summed E-state index contributed by atoms with van der Waals surface area (Å²) in [6, 6.07) is 15.0. The molecule has 1 heterocycles. The number of nitrogens with one attached hydrogen (secondary N) is 2. The number of rotatable bonds is 8. The van der Waals surface area contributed by atoms with Gasteiger partial charge in [0.2, 0.25) is 5.95 Å². The molecule has 0 saturated heterocycles. The summed E-state index contributed by atoms with van der Waals surface area (Å²) < 4.78 is 26.8. The van der Waals surface area contributed by atoms with E-state index >= 15 is 0 Å². The molecule has 0 fully saturated rings. The van der Waals surface area contributed by atoms with Gasteiger partial charge in [0.1, 0.15) is 17.5 Å². The van der Waals surface area contributed by atoms with E-state index in [0.717, 1.165) is 23.9 Å². The lowest BCUT2D eigenvalue weighted by Gasteiger charge is -2.13.